The third-order valence-electron chi connectivity index (χ3n) is 2.69. The van der Waals surface area contributed by atoms with E-state index in [2.05, 4.69) is 30.5 Å². The standard InChI is InChI=1S/C12H15ClN6O/c1-6(2)10-14-4-8(13)9(18-10)12(20)17-7(3)11-15-5-16-19-11/h4-7H,1-3H3,(H,17,20)(H,15,16,19). The highest BCUT2D eigenvalue weighted by atomic mass is 35.5. The van der Waals surface area contributed by atoms with Crippen LogP contribution in [0.25, 0.3) is 0 Å². The van der Waals surface area contributed by atoms with Crippen molar-refractivity contribution < 1.29 is 4.79 Å². The van der Waals surface area contributed by atoms with E-state index in [0.717, 1.165) is 0 Å². The molecule has 2 N–H and O–H groups in total. The number of aromatic nitrogens is 5. The van der Waals surface area contributed by atoms with Crippen molar-refractivity contribution in [2.45, 2.75) is 32.7 Å². The fourth-order valence-electron chi connectivity index (χ4n) is 1.58. The molecule has 2 heterocycles. The molecule has 2 aromatic heterocycles. The van der Waals surface area contributed by atoms with Crippen LogP contribution in [0.1, 0.15) is 54.9 Å². The Labute approximate surface area is 121 Å². The minimum atomic E-state index is -0.372. The molecule has 1 amide bonds. The quantitative estimate of drug-likeness (QED) is 0.897. The molecule has 0 aliphatic heterocycles. The molecule has 2 rings (SSSR count). The van der Waals surface area contributed by atoms with E-state index in [1.165, 1.54) is 12.5 Å². The van der Waals surface area contributed by atoms with Gasteiger partial charge < -0.3 is 5.32 Å². The van der Waals surface area contributed by atoms with Crippen LogP contribution in [0, 0.1) is 0 Å². The highest BCUT2D eigenvalue weighted by Crippen LogP contribution is 2.17. The number of hydrogen-bond acceptors (Lipinski definition) is 5. The lowest BCUT2D eigenvalue weighted by molar-refractivity contribution is 0.0933. The van der Waals surface area contributed by atoms with Crippen molar-refractivity contribution >= 4 is 17.5 Å². The van der Waals surface area contributed by atoms with Crippen LogP contribution in [-0.4, -0.2) is 31.1 Å². The van der Waals surface area contributed by atoms with Crippen molar-refractivity contribution in [2.24, 2.45) is 0 Å². The first-order valence-electron chi connectivity index (χ1n) is 6.17. The fraction of sp³-hybridized carbons (Fsp3) is 0.417. The Bertz CT molecular complexity index is 598. The van der Waals surface area contributed by atoms with Gasteiger partial charge in [0.15, 0.2) is 0 Å². The minimum absolute atomic E-state index is 0.116. The van der Waals surface area contributed by atoms with E-state index in [1.807, 2.05) is 13.8 Å². The minimum Gasteiger partial charge on any atom is -0.341 e. The van der Waals surface area contributed by atoms with Crippen LogP contribution in [0.3, 0.4) is 0 Å². The molecule has 0 saturated heterocycles. The highest BCUT2D eigenvalue weighted by molar-refractivity contribution is 6.33. The zero-order valence-electron chi connectivity index (χ0n) is 11.4. The Morgan fingerprint density at radius 2 is 2.10 bits per heavy atom. The first-order chi connectivity index (χ1) is 9.49. The SMILES string of the molecule is CC(C)c1ncc(Cl)c(C(=O)NC(C)c2ncn[nH]2)n1. The lowest BCUT2D eigenvalue weighted by atomic mass is 10.2. The molecule has 8 heteroatoms. The second-order valence-corrected chi connectivity index (χ2v) is 5.05. The molecule has 0 saturated carbocycles. The number of carbonyl (C=O) groups excluding carboxylic acids is 1. The Morgan fingerprint density at radius 3 is 2.70 bits per heavy atom. The maximum atomic E-state index is 12.2. The average molecular weight is 295 g/mol. The summed E-state index contributed by atoms with van der Waals surface area (Å²) in [7, 11) is 0. The van der Waals surface area contributed by atoms with E-state index >= 15 is 0 Å². The first kappa shape index (κ1) is 14.4. The Morgan fingerprint density at radius 1 is 1.35 bits per heavy atom. The molecule has 0 aliphatic rings. The van der Waals surface area contributed by atoms with E-state index in [0.29, 0.717) is 11.6 Å². The molecular weight excluding hydrogens is 280 g/mol. The second-order valence-electron chi connectivity index (χ2n) is 4.65. The number of rotatable bonds is 4. The molecule has 0 radical (unpaired) electrons. The molecule has 1 unspecified atom stereocenters. The summed E-state index contributed by atoms with van der Waals surface area (Å²) in [6.07, 6.45) is 2.82. The summed E-state index contributed by atoms with van der Waals surface area (Å²) >= 11 is 5.98. The van der Waals surface area contributed by atoms with Gasteiger partial charge in [-0.25, -0.2) is 15.0 Å². The molecule has 0 fully saturated rings. The monoisotopic (exact) mass is 294 g/mol. The van der Waals surface area contributed by atoms with E-state index < -0.39 is 0 Å². The zero-order chi connectivity index (χ0) is 14.7. The maximum absolute atomic E-state index is 12.2. The number of nitrogens with zero attached hydrogens (tertiary/aromatic N) is 4. The molecular formula is C12H15ClN6O. The number of nitrogens with one attached hydrogen (secondary N) is 2. The van der Waals surface area contributed by atoms with Gasteiger partial charge in [-0.15, -0.1) is 0 Å². The van der Waals surface area contributed by atoms with Gasteiger partial charge >= 0.3 is 0 Å². The summed E-state index contributed by atoms with van der Waals surface area (Å²) in [4.78, 5) is 24.5. The van der Waals surface area contributed by atoms with Crippen molar-refractivity contribution in [3.05, 3.63) is 34.9 Å². The molecule has 0 aliphatic carbocycles. The number of H-pyrrole nitrogens is 1. The maximum Gasteiger partial charge on any atom is 0.272 e. The van der Waals surface area contributed by atoms with Crippen LogP contribution >= 0.6 is 11.6 Å². The smallest absolute Gasteiger partial charge is 0.272 e. The van der Waals surface area contributed by atoms with E-state index in [9.17, 15) is 4.79 Å². The van der Waals surface area contributed by atoms with Gasteiger partial charge in [-0.2, -0.15) is 5.10 Å². The van der Waals surface area contributed by atoms with Gasteiger partial charge in [0, 0.05) is 5.92 Å². The fourth-order valence-corrected chi connectivity index (χ4v) is 1.75. The highest BCUT2D eigenvalue weighted by Gasteiger charge is 2.19. The largest absolute Gasteiger partial charge is 0.341 e. The van der Waals surface area contributed by atoms with Crippen molar-refractivity contribution in [3.8, 4) is 0 Å². The van der Waals surface area contributed by atoms with E-state index in [4.69, 9.17) is 11.6 Å². The Balaban J connectivity index is 2.18. The van der Waals surface area contributed by atoms with Gasteiger partial charge in [0.1, 0.15) is 23.7 Å². The zero-order valence-corrected chi connectivity index (χ0v) is 12.1. The Kier molecular flexibility index (Phi) is 4.29. The van der Waals surface area contributed by atoms with Gasteiger partial charge in [-0.1, -0.05) is 25.4 Å². The van der Waals surface area contributed by atoms with Gasteiger partial charge in [0.25, 0.3) is 5.91 Å². The predicted molar refractivity (Wildman–Crippen MR) is 73.4 cm³/mol. The number of aromatic amines is 1. The van der Waals surface area contributed by atoms with Gasteiger partial charge in [0.2, 0.25) is 0 Å². The molecule has 106 valence electrons. The topological polar surface area (TPSA) is 96.5 Å². The van der Waals surface area contributed by atoms with Gasteiger partial charge in [-0.05, 0) is 6.92 Å². The van der Waals surface area contributed by atoms with Crippen LogP contribution in [0.2, 0.25) is 5.02 Å². The third kappa shape index (κ3) is 3.11. The number of halogens is 1. The summed E-state index contributed by atoms with van der Waals surface area (Å²) in [5.74, 6) is 0.883. The lowest BCUT2D eigenvalue weighted by Crippen LogP contribution is -2.29. The van der Waals surface area contributed by atoms with Crippen LogP contribution in [0.4, 0.5) is 0 Å². The van der Waals surface area contributed by atoms with Gasteiger partial charge in [-0.3, -0.25) is 9.89 Å². The van der Waals surface area contributed by atoms with Crippen LogP contribution in [0.5, 0.6) is 0 Å². The molecule has 0 bridgehead atoms. The molecule has 0 aromatic carbocycles. The lowest BCUT2D eigenvalue weighted by Gasteiger charge is -2.12. The van der Waals surface area contributed by atoms with Gasteiger partial charge in [0.05, 0.1) is 17.3 Å². The number of amides is 1. The van der Waals surface area contributed by atoms with Crippen molar-refractivity contribution in [1.82, 2.24) is 30.5 Å². The summed E-state index contributed by atoms with van der Waals surface area (Å²) in [6, 6.07) is -0.321. The number of carbonyl (C=O) groups is 1. The predicted octanol–water partition coefficient (Wildman–Crippen LogP) is 1.86. The molecule has 1 atom stereocenters. The summed E-state index contributed by atoms with van der Waals surface area (Å²) < 4.78 is 0. The molecule has 0 spiro atoms. The third-order valence-corrected chi connectivity index (χ3v) is 2.96. The summed E-state index contributed by atoms with van der Waals surface area (Å²) in [6.45, 7) is 5.68. The number of hydrogen-bond donors (Lipinski definition) is 2. The Hall–Kier alpha value is -2.02. The summed E-state index contributed by atoms with van der Waals surface area (Å²) in [5, 5.41) is 9.41. The molecule has 2 aromatic rings. The normalized spacial score (nSPS) is 12.4. The summed E-state index contributed by atoms with van der Waals surface area (Å²) in [5.41, 5.74) is 0.164. The average Bonchev–Trinajstić information content (AvgIpc) is 2.92. The van der Waals surface area contributed by atoms with Crippen molar-refractivity contribution in [1.29, 1.82) is 0 Å². The van der Waals surface area contributed by atoms with Crippen molar-refractivity contribution in [2.75, 3.05) is 0 Å². The van der Waals surface area contributed by atoms with Crippen molar-refractivity contribution in [3.63, 3.8) is 0 Å². The van der Waals surface area contributed by atoms with E-state index in [1.54, 1.807) is 6.92 Å². The van der Waals surface area contributed by atoms with Crippen LogP contribution in [-0.2, 0) is 0 Å². The van der Waals surface area contributed by atoms with Crippen LogP contribution < -0.4 is 5.32 Å². The molecule has 20 heavy (non-hydrogen) atoms. The van der Waals surface area contributed by atoms with Crippen LogP contribution in [0.15, 0.2) is 12.5 Å². The van der Waals surface area contributed by atoms with E-state index in [-0.39, 0.29) is 28.6 Å². The second kappa shape index (κ2) is 5.96. The molecule has 7 nitrogen and oxygen atoms in total. The first-order valence-corrected chi connectivity index (χ1v) is 6.55.